The van der Waals surface area contributed by atoms with Crippen LogP contribution in [-0.4, -0.2) is 48.6 Å². The van der Waals surface area contributed by atoms with Gasteiger partial charge in [0, 0.05) is 6.54 Å². The number of methoxy groups -OCH3 is 1. The van der Waals surface area contributed by atoms with Gasteiger partial charge in [-0.25, -0.2) is 0 Å². The van der Waals surface area contributed by atoms with Gasteiger partial charge in [-0.05, 0) is 6.54 Å². The van der Waals surface area contributed by atoms with Crippen LogP contribution in [0.15, 0.2) is 0 Å². The Balaban J connectivity index is 4.15. The Kier molecular flexibility index (Phi) is 6.19. The van der Waals surface area contributed by atoms with E-state index in [1.165, 1.54) is 7.11 Å². The van der Waals surface area contributed by atoms with Crippen molar-refractivity contribution in [2.24, 2.45) is 0 Å². The molecule has 90 valence electrons. The molecular formula is C8H13BrF3NO2. The van der Waals surface area contributed by atoms with Gasteiger partial charge >= 0.3 is 12.1 Å². The number of carbonyl (C=O) groups is 1. The van der Waals surface area contributed by atoms with Crippen molar-refractivity contribution in [2.45, 2.75) is 17.9 Å². The van der Waals surface area contributed by atoms with Crippen LogP contribution in [0, 0.1) is 0 Å². The standard InChI is InChI=1S/C8H13BrF3NO2/c1-3-13(5-8(10,11)12)4-6(9)7(14)15-2/h6H,3-5H2,1-2H3. The predicted molar refractivity (Wildman–Crippen MR) is 52.9 cm³/mol. The number of alkyl halides is 4. The fraction of sp³-hybridized carbons (Fsp3) is 0.875. The molecule has 7 heteroatoms. The lowest BCUT2D eigenvalue weighted by Gasteiger charge is -2.23. The van der Waals surface area contributed by atoms with E-state index in [2.05, 4.69) is 20.7 Å². The van der Waals surface area contributed by atoms with Crippen LogP contribution in [0.4, 0.5) is 13.2 Å². The molecule has 0 aromatic heterocycles. The molecule has 15 heavy (non-hydrogen) atoms. The zero-order valence-electron chi connectivity index (χ0n) is 8.47. The summed E-state index contributed by atoms with van der Waals surface area (Å²) >= 11 is 2.97. The van der Waals surface area contributed by atoms with E-state index in [9.17, 15) is 18.0 Å². The normalized spacial score (nSPS) is 14.1. The molecule has 0 amide bonds. The summed E-state index contributed by atoms with van der Waals surface area (Å²) in [4.78, 5) is 11.3. The molecule has 0 aliphatic heterocycles. The van der Waals surface area contributed by atoms with E-state index in [-0.39, 0.29) is 13.1 Å². The number of nitrogens with zero attached hydrogens (tertiary/aromatic N) is 1. The van der Waals surface area contributed by atoms with Gasteiger partial charge < -0.3 is 4.74 Å². The Hall–Kier alpha value is -0.300. The quantitative estimate of drug-likeness (QED) is 0.572. The zero-order valence-corrected chi connectivity index (χ0v) is 10.1. The Labute approximate surface area is 94.7 Å². The van der Waals surface area contributed by atoms with Crippen LogP contribution >= 0.6 is 15.9 Å². The number of halogens is 4. The summed E-state index contributed by atoms with van der Waals surface area (Å²) in [7, 11) is 1.19. The molecule has 0 bridgehead atoms. The van der Waals surface area contributed by atoms with Gasteiger partial charge in [0.05, 0.1) is 13.7 Å². The fourth-order valence-corrected chi connectivity index (χ4v) is 1.58. The van der Waals surface area contributed by atoms with Crippen LogP contribution in [0.2, 0.25) is 0 Å². The maximum absolute atomic E-state index is 12.1. The first-order valence-corrected chi connectivity index (χ1v) is 5.22. The van der Waals surface area contributed by atoms with Crippen molar-refractivity contribution in [3.05, 3.63) is 0 Å². The summed E-state index contributed by atoms with van der Waals surface area (Å²) in [5, 5.41) is 0. The molecular weight excluding hydrogens is 279 g/mol. The third kappa shape index (κ3) is 6.72. The van der Waals surface area contributed by atoms with Crippen LogP contribution in [0.3, 0.4) is 0 Å². The molecule has 0 aliphatic carbocycles. The lowest BCUT2D eigenvalue weighted by Crippen LogP contribution is -2.40. The predicted octanol–water partition coefficient (Wildman–Crippen LogP) is 1.81. The van der Waals surface area contributed by atoms with Crippen molar-refractivity contribution in [3.8, 4) is 0 Å². The summed E-state index contributed by atoms with van der Waals surface area (Å²) in [6.45, 7) is 0.770. The molecule has 1 atom stereocenters. The minimum atomic E-state index is -4.25. The van der Waals surface area contributed by atoms with Gasteiger partial charge in [-0.3, -0.25) is 9.69 Å². The number of ether oxygens (including phenoxy) is 1. The zero-order chi connectivity index (χ0) is 12.1. The van der Waals surface area contributed by atoms with Gasteiger partial charge in [0.15, 0.2) is 0 Å². The van der Waals surface area contributed by atoms with Crippen LogP contribution in [-0.2, 0) is 9.53 Å². The van der Waals surface area contributed by atoms with Gasteiger partial charge in [0.1, 0.15) is 4.83 Å². The highest BCUT2D eigenvalue weighted by Gasteiger charge is 2.31. The first kappa shape index (κ1) is 14.7. The van der Waals surface area contributed by atoms with Crippen LogP contribution in [0.5, 0.6) is 0 Å². The first-order valence-electron chi connectivity index (χ1n) is 4.31. The Bertz CT molecular complexity index is 211. The molecule has 1 unspecified atom stereocenters. The second-order valence-electron chi connectivity index (χ2n) is 2.93. The molecule has 0 saturated carbocycles. The highest BCUT2D eigenvalue weighted by Crippen LogP contribution is 2.17. The van der Waals surface area contributed by atoms with Crippen molar-refractivity contribution in [1.82, 2.24) is 4.90 Å². The number of rotatable bonds is 5. The molecule has 0 aromatic rings. The van der Waals surface area contributed by atoms with E-state index in [1.54, 1.807) is 6.92 Å². The lowest BCUT2D eigenvalue weighted by molar-refractivity contribution is -0.149. The third-order valence-electron chi connectivity index (χ3n) is 1.73. The smallest absolute Gasteiger partial charge is 0.401 e. The summed E-state index contributed by atoms with van der Waals surface area (Å²) in [6, 6.07) is 0. The maximum Gasteiger partial charge on any atom is 0.401 e. The molecule has 0 rings (SSSR count). The lowest BCUT2D eigenvalue weighted by atomic mass is 10.3. The largest absolute Gasteiger partial charge is 0.468 e. The van der Waals surface area contributed by atoms with Crippen LogP contribution < -0.4 is 0 Å². The van der Waals surface area contributed by atoms with Crippen molar-refractivity contribution in [3.63, 3.8) is 0 Å². The van der Waals surface area contributed by atoms with E-state index in [0.29, 0.717) is 0 Å². The Morgan fingerprint density at radius 3 is 2.40 bits per heavy atom. The van der Waals surface area contributed by atoms with Crippen molar-refractivity contribution in [1.29, 1.82) is 0 Å². The molecule has 0 radical (unpaired) electrons. The van der Waals surface area contributed by atoms with Gasteiger partial charge in [0.25, 0.3) is 0 Å². The SMILES string of the molecule is CCN(CC(Br)C(=O)OC)CC(F)(F)F. The highest BCUT2D eigenvalue weighted by atomic mass is 79.9. The number of hydrogen-bond donors (Lipinski definition) is 0. The Morgan fingerprint density at radius 1 is 1.53 bits per heavy atom. The van der Waals surface area contributed by atoms with Crippen LogP contribution in [0.1, 0.15) is 6.92 Å². The van der Waals surface area contributed by atoms with Crippen molar-refractivity contribution in [2.75, 3.05) is 26.7 Å². The summed E-state index contributed by atoms with van der Waals surface area (Å²) < 4.78 is 40.6. The average Bonchev–Trinajstić information content (AvgIpc) is 2.13. The van der Waals surface area contributed by atoms with Crippen molar-refractivity contribution >= 4 is 21.9 Å². The van der Waals surface area contributed by atoms with Gasteiger partial charge in [-0.2, -0.15) is 13.2 Å². The number of esters is 1. The molecule has 0 aliphatic rings. The van der Waals surface area contributed by atoms with Crippen LogP contribution in [0.25, 0.3) is 0 Å². The van der Waals surface area contributed by atoms with E-state index in [0.717, 1.165) is 4.90 Å². The first-order chi connectivity index (χ1) is 6.80. The van der Waals surface area contributed by atoms with E-state index >= 15 is 0 Å². The molecule has 3 nitrogen and oxygen atoms in total. The highest BCUT2D eigenvalue weighted by molar-refractivity contribution is 9.10. The molecule has 0 spiro atoms. The monoisotopic (exact) mass is 291 g/mol. The minimum absolute atomic E-state index is 0.0251. The number of carbonyl (C=O) groups excluding carboxylic acids is 1. The molecule has 0 saturated heterocycles. The second kappa shape index (κ2) is 6.32. The maximum atomic E-state index is 12.1. The molecule has 0 N–H and O–H groups in total. The van der Waals surface area contributed by atoms with E-state index < -0.39 is 23.5 Å². The minimum Gasteiger partial charge on any atom is -0.468 e. The fourth-order valence-electron chi connectivity index (χ4n) is 0.988. The summed E-state index contributed by atoms with van der Waals surface area (Å²) in [6.07, 6.45) is -4.25. The van der Waals surface area contributed by atoms with Crippen molar-refractivity contribution < 1.29 is 22.7 Å². The third-order valence-corrected chi connectivity index (χ3v) is 2.39. The number of hydrogen-bond acceptors (Lipinski definition) is 3. The molecule has 0 fully saturated rings. The van der Waals surface area contributed by atoms with Gasteiger partial charge in [-0.15, -0.1) is 0 Å². The van der Waals surface area contributed by atoms with E-state index in [1.807, 2.05) is 0 Å². The van der Waals surface area contributed by atoms with Gasteiger partial charge in [0.2, 0.25) is 0 Å². The topological polar surface area (TPSA) is 29.5 Å². The van der Waals surface area contributed by atoms with Gasteiger partial charge in [-0.1, -0.05) is 22.9 Å². The Morgan fingerprint density at radius 2 is 2.07 bits per heavy atom. The average molecular weight is 292 g/mol. The second-order valence-corrected chi connectivity index (χ2v) is 4.04. The molecule has 0 aromatic carbocycles. The molecule has 0 heterocycles. The summed E-state index contributed by atoms with van der Waals surface area (Å²) in [5.41, 5.74) is 0. The van der Waals surface area contributed by atoms with E-state index in [4.69, 9.17) is 0 Å². The summed E-state index contributed by atoms with van der Waals surface area (Å²) in [5.74, 6) is -0.573.